The molecule has 2 aromatic heterocycles. The predicted octanol–water partition coefficient (Wildman–Crippen LogP) is 0.360. The molecule has 2 heterocycles. The summed E-state index contributed by atoms with van der Waals surface area (Å²) in [5.74, 6) is -1.00. The third-order valence-electron chi connectivity index (χ3n) is 1.73. The van der Waals surface area contributed by atoms with E-state index in [-0.39, 0.29) is 5.56 Å². The largest absolute Gasteiger partial charge is 0.478 e. The van der Waals surface area contributed by atoms with Gasteiger partial charge in [0, 0.05) is 6.20 Å². The molecule has 0 aliphatic carbocycles. The molecular formula is C8H6N4O2. The van der Waals surface area contributed by atoms with E-state index in [1.807, 2.05) is 0 Å². The SMILES string of the molecule is O=C(O)c1ccncc1-n1cnnc1. The Bertz CT molecular complexity index is 452. The maximum Gasteiger partial charge on any atom is 0.337 e. The van der Waals surface area contributed by atoms with Gasteiger partial charge in [-0.25, -0.2) is 4.79 Å². The molecule has 6 heteroatoms. The first-order chi connectivity index (χ1) is 6.79. The highest BCUT2D eigenvalue weighted by atomic mass is 16.4. The lowest BCUT2D eigenvalue weighted by molar-refractivity contribution is 0.0697. The lowest BCUT2D eigenvalue weighted by Crippen LogP contribution is -2.04. The number of carboxylic acid groups (broad SMARTS) is 1. The van der Waals surface area contributed by atoms with Crippen molar-refractivity contribution in [2.45, 2.75) is 0 Å². The van der Waals surface area contributed by atoms with Gasteiger partial charge in [-0.1, -0.05) is 0 Å². The molecule has 0 saturated heterocycles. The second kappa shape index (κ2) is 3.25. The van der Waals surface area contributed by atoms with E-state index < -0.39 is 5.97 Å². The van der Waals surface area contributed by atoms with Crippen molar-refractivity contribution in [2.75, 3.05) is 0 Å². The van der Waals surface area contributed by atoms with Crippen LogP contribution in [-0.4, -0.2) is 30.8 Å². The van der Waals surface area contributed by atoms with Gasteiger partial charge in [0.05, 0.1) is 17.4 Å². The molecule has 0 amide bonds. The Morgan fingerprint density at radius 3 is 2.71 bits per heavy atom. The number of rotatable bonds is 2. The lowest BCUT2D eigenvalue weighted by Gasteiger charge is -2.03. The highest BCUT2D eigenvalue weighted by Gasteiger charge is 2.10. The van der Waals surface area contributed by atoms with Crippen molar-refractivity contribution in [3.05, 3.63) is 36.7 Å². The van der Waals surface area contributed by atoms with Crippen molar-refractivity contribution in [2.24, 2.45) is 0 Å². The fourth-order valence-corrected chi connectivity index (χ4v) is 1.10. The summed E-state index contributed by atoms with van der Waals surface area (Å²) in [5.41, 5.74) is 0.616. The molecule has 0 atom stereocenters. The third-order valence-corrected chi connectivity index (χ3v) is 1.73. The monoisotopic (exact) mass is 190 g/mol. The van der Waals surface area contributed by atoms with Gasteiger partial charge >= 0.3 is 5.97 Å². The summed E-state index contributed by atoms with van der Waals surface area (Å²) in [4.78, 5) is 14.7. The van der Waals surface area contributed by atoms with E-state index >= 15 is 0 Å². The molecule has 0 aliphatic rings. The second-order valence-corrected chi connectivity index (χ2v) is 2.57. The van der Waals surface area contributed by atoms with E-state index in [0.717, 1.165) is 0 Å². The summed E-state index contributed by atoms with van der Waals surface area (Å²) in [6.45, 7) is 0. The van der Waals surface area contributed by atoms with Gasteiger partial charge < -0.3 is 5.11 Å². The number of aromatic nitrogens is 4. The molecule has 0 unspecified atom stereocenters. The number of pyridine rings is 1. The summed E-state index contributed by atoms with van der Waals surface area (Å²) < 4.78 is 1.50. The van der Waals surface area contributed by atoms with Crippen LogP contribution in [0.3, 0.4) is 0 Å². The van der Waals surface area contributed by atoms with Crippen LogP contribution in [0.4, 0.5) is 0 Å². The van der Waals surface area contributed by atoms with Gasteiger partial charge in [0.15, 0.2) is 0 Å². The fourth-order valence-electron chi connectivity index (χ4n) is 1.10. The first-order valence-electron chi connectivity index (χ1n) is 3.81. The average molecular weight is 190 g/mol. The quantitative estimate of drug-likeness (QED) is 0.739. The molecule has 2 rings (SSSR count). The summed E-state index contributed by atoms with van der Waals surface area (Å²) in [5, 5.41) is 16.1. The Kier molecular flexibility index (Phi) is 1.94. The van der Waals surface area contributed by atoms with Gasteiger partial charge in [0.1, 0.15) is 12.7 Å². The third kappa shape index (κ3) is 1.33. The molecule has 0 aromatic carbocycles. The minimum atomic E-state index is -1.00. The van der Waals surface area contributed by atoms with E-state index in [4.69, 9.17) is 5.11 Å². The molecule has 70 valence electrons. The molecule has 0 saturated carbocycles. The number of carboxylic acids is 1. The Balaban J connectivity index is 2.58. The van der Waals surface area contributed by atoms with Crippen LogP contribution in [-0.2, 0) is 0 Å². The molecule has 0 aliphatic heterocycles. The van der Waals surface area contributed by atoms with Crippen molar-refractivity contribution < 1.29 is 9.90 Å². The van der Waals surface area contributed by atoms with E-state index in [0.29, 0.717) is 5.69 Å². The van der Waals surface area contributed by atoms with Crippen LogP contribution in [0, 0.1) is 0 Å². The second-order valence-electron chi connectivity index (χ2n) is 2.57. The molecule has 0 fully saturated rings. The zero-order chi connectivity index (χ0) is 9.97. The van der Waals surface area contributed by atoms with Gasteiger partial charge in [-0.05, 0) is 6.07 Å². The highest BCUT2D eigenvalue weighted by Crippen LogP contribution is 2.11. The predicted molar refractivity (Wildman–Crippen MR) is 46.1 cm³/mol. The van der Waals surface area contributed by atoms with Crippen LogP contribution < -0.4 is 0 Å². The van der Waals surface area contributed by atoms with Crippen LogP contribution in [0.1, 0.15) is 10.4 Å². The first-order valence-corrected chi connectivity index (χ1v) is 3.81. The zero-order valence-electron chi connectivity index (χ0n) is 7.03. The number of hydrogen-bond acceptors (Lipinski definition) is 4. The van der Waals surface area contributed by atoms with Crippen molar-refractivity contribution in [3.8, 4) is 5.69 Å². The summed E-state index contributed by atoms with van der Waals surface area (Å²) in [6.07, 6.45) is 5.72. The number of nitrogens with zero attached hydrogens (tertiary/aromatic N) is 4. The summed E-state index contributed by atoms with van der Waals surface area (Å²) >= 11 is 0. The lowest BCUT2D eigenvalue weighted by atomic mass is 10.2. The van der Waals surface area contributed by atoms with E-state index in [1.165, 1.54) is 35.7 Å². The Morgan fingerprint density at radius 2 is 2.07 bits per heavy atom. The Labute approximate surface area is 78.9 Å². The summed E-state index contributed by atoms with van der Waals surface area (Å²) in [7, 11) is 0. The minimum absolute atomic E-state index is 0.166. The van der Waals surface area contributed by atoms with Crippen LogP contribution >= 0.6 is 0 Å². The topological polar surface area (TPSA) is 80.9 Å². The molecular weight excluding hydrogens is 184 g/mol. The Hall–Kier alpha value is -2.24. The van der Waals surface area contributed by atoms with Gasteiger partial charge in [0.2, 0.25) is 0 Å². The van der Waals surface area contributed by atoms with Gasteiger partial charge in [-0.2, -0.15) is 0 Å². The molecule has 0 bridgehead atoms. The summed E-state index contributed by atoms with van der Waals surface area (Å²) in [6, 6.07) is 1.43. The van der Waals surface area contributed by atoms with E-state index in [1.54, 1.807) is 0 Å². The van der Waals surface area contributed by atoms with Gasteiger partial charge in [-0.3, -0.25) is 9.55 Å². The molecule has 2 aromatic rings. The first kappa shape index (κ1) is 8.36. The molecule has 6 nitrogen and oxygen atoms in total. The maximum atomic E-state index is 10.8. The van der Waals surface area contributed by atoms with Crippen molar-refractivity contribution in [1.82, 2.24) is 19.7 Å². The normalized spacial score (nSPS) is 10.0. The van der Waals surface area contributed by atoms with Crippen LogP contribution in [0.15, 0.2) is 31.1 Å². The van der Waals surface area contributed by atoms with Crippen molar-refractivity contribution >= 4 is 5.97 Å². The van der Waals surface area contributed by atoms with Crippen molar-refractivity contribution in [3.63, 3.8) is 0 Å². The molecule has 14 heavy (non-hydrogen) atoms. The number of aromatic carboxylic acids is 1. The van der Waals surface area contributed by atoms with Crippen molar-refractivity contribution in [1.29, 1.82) is 0 Å². The van der Waals surface area contributed by atoms with Crippen LogP contribution in [0.2, 0.25) is 0 Å². The van der Waals surface area contributed by atoms with E-state index in [2.05, 4.69) is 15.2 Å². The highest BCUT2D eigenvalue weighted by molar-refractivity contribution is 5.91. The minimum Gasteiger partial charge on any atom is -0.478 e. The Morgan fingerprint density at radius 1 is 1.36 bits per heavy atom. The maximum absolute atomic E-state index is 10.8. The average Bonchev–Trinajstić information content (AvgIpc) is 2.70. The zero-order valence-corrected chi connectivity index (χ0v) is 7.03. The van der Waals surface area contributed by atoms with Crippen LogP contribution in [0.25, 0.3) is 5.69 Å². The fraction of sp³-hybridized carbons (Fsp3) is 0. The number of hydrogen-bond donors (Lipinski definition) is 1. The van der Waals surface area contributed by atoms with Gasteiger partial charge in [0.25, 0.3) is 0 Å². The number of carbonyl (C=O) groups is 1. The standard InChI is InChI=1S/C8H6N4O2/c13-8(14)6-1-2-9-3-7(6)12-4-10-11-5-12/h1-5H,(H,13,14). The molecule has 1 N–H and O–H groups in total. The smallest absolute Gasteiger partial charge is 0.337 e. The van der Waals surface area contributed by atoms with E-state index in [9.17, 15) is 4.79 Å². The molecule has 0 radical (unpaired) electrons. The van der Waals surface area contributed by atoms with Crippen LogP contribution in [0.5, 0.6) is 0 Å². The molecule has 0 spiro atoms. The van der Waals surface area contributed by atoms with Gasteiger partial charge in [-0.15, -0.1) is 10.2 Å².